The van der Waals surface area contributed by atoms with E-state index in [0.717, 1.165) is 17.7 Å². The average molecular weight is 367 g/mol. The fourth-order valence-corrected chi connectivity index (χ4v) is 2.73. The lowest BCUT2D eigenvalue weighted by Crippen LogP contribution is -2.26. The Morgan fingerprint density at radius 2 is 1.96 bits per heavy atom. The number of para-hydroxylation sites is 1. The lowest BCUT2D eigenvalue weighted by Gasteiger charge is -2.17. The lowest BCUT2D eigenvalue weighted by molar-refractivity contribution is -0.119. The summed E-state index contributed by atoms with van der Waals surface area (Å²) in [4.78, 5) is 13.9. The molecule has 0 radical (unpaired) electrons. The van der Waals surface area contributed by atoms with Crippen LogP contribution in [0.5, 0.6) is 0 Å². The number of tetrazole rings is 1. The zero-order valence-electron chi connectivity index (χ0n) is 15.6. The highest BCUT2D eigenvalue weighted by molar-refractivity contribution is 5.94. The van der Waals surface area contributed by atoms with Gasteiger partial charge in [-0.15, -0.1) is 10.2 Å². The smallest absolute Gasteiger partial charge is 0.250 e. The molecule has 1 amide bonds. The van der Waals surface area contributed by atoms with E-state index in [-0.39, 0.29) is 17.5 Å². The molecular formula is C20H22FN5O. The van der Waals surface area contributed by atoms with E-state index in [4.69, 9.17) is 0 Å². The van der Waals surface area contributed by atoms with Crippen LogP contribution in [0.2, 0.25) is 0 Å². The minimum atomic E-state index is -0.662. The van der Waals surface area contributed by atoms with Gasteiger partial charge in [-0.2, -0.15) is 4.80 Å². The van der Waals surface area contributed by atoms with Crippen LogP contribution in [0.3, 0.4) is 0 Å². The van der Waals surface area contributed by atoms with Gasteiger partial charge >= 0.3 is 0 Å². The van der Waals surface area contributed by atoms with Crippen molar-refractivity contribution in [1.82, 2.24) is 20.2 Å². The van der Waals surface area contributed by atoms with Crippen LogP contribution in [-0.4, -0.2) is 26.1 Å². The molecule has 1 heterocycles. The fourth-order valence-electron chi connectivity index (χ4n) is 2.73. The van der Waals surface area contributed by atoms with Crippen molar-refractivity contribution in [2.45, 2.75) is 39.2 Å². The maximum absolute atomic E-state index is 13.4. The second kappa shape index (κ2) is 8.07. The molecule has 1 aromatic heterocycles. The van der Waals surface area contributed by atoms with Crippen LogP contribution in [0.1, 0.15) is 44.7 Å². The maximum Gasteiger partial charge on any atom is 0.250 e. The van der Waals surface area contributed by atoms with E-state index in [1.165, 1.54) is 16.9 Å². The number of anilines is 1. The summed E-state index contributed by atoms with van der Waals surface area (Å²) >= 11 is 0. The van der Waals surface area contributed by atoms with E-state index in [1.807, 2.05) is 24.3 Å². The number of carbonyl (C=O) groups excluding carboxylic acids is 1. The Bertz CT molecular complexity index is 939. The number of aromatic nitrogens is 4. The monoisotopic (exact) mass is 367 g/mol. The minimum Gasteiger partial charge on any atom is -0.324 e. The number of rotatable bonds is 6. The highest BCUT2D eigenvalue weighted by Crippen LogP contribution is 2.27. The van der Waals surface area contributed by atoms with Crippen LogP contribution in [0, 0.1) is 5.82 Å². The Kier molecular flexibility index (Phi) is 5.59. The van der Waals surface area contributed by atoms with Gasteiger partial charge in [-0.25, -0.2) is 4.39 Å². The maximum atomic E-state index is 13.4. The summed E-state index contributed by atoms with van der Waals surface area (Å²) in [6.07, 6.45) is 0.976. The summed E-state index contributed by atoms with van der Waals surface area (Å²) in [5.41, 5.74) is 2.39. The Hall–Kier alpha value is -3.09. The number of halogens is 1. The van der Waals surface area contributed by atoms with E-state index < -0.39 is 6.04 Å². The molecule has 0 aliphatic heterocycles. The van der Waals surface area contributed by atoms with Crippen LogP contribution in [0.25, 0.3) is 11.4 Å². The molecule has 0 spiro atoms. The van der Waals surface area contributed by atoms with Crippen molar-refractivity contribution < 1.29 is 9.18 Å². The van der Waals surface area contributed by atoms with E-state index in [0.29, 0.717) is 11.5 Å². The SMILES string of the molecule is CCC(C)c1ccccc1NC(=O)C(C)n1nnc(-c2cccc(F)c2)n1. The van der Waals surface area contributed by atoms with Gasteiger partial charge in [-0.3, -0.25) is 4.79 Å². The van der Waals surface area contributed by atoms with Crippen molar-refractivity contribution in [2.75, 3.05) is 5.32 Å². The molecule has 1 N–H and O–H groups in total. The van der Waals surface area contributed by atoms with Crippen molar-refractivity contribution in [1.29, 1.82) is 0 Å². The van der Waals surface area contributed by atoms with Crippen molar-refractivity contribution in [3.8, 4) is 11.4 Å². The summed E-state index contributed by atoms with van der Waals surface area (Å²) < 4.78 is 13.4. The number of benzene rings is 2. The van der Waals surface area contributed by atoms with Crippen LogP contribution in [-0.2, 0) is 4.79 Å². The molecule has 2 unspecified atom stereocenters. The minimum absolute atomic E-state index is 0.242. The molecule has 3 aromatic rings. The number of nitrogens with zero attached hydrogens (tertiary/aromatic N) is 4. The van der Waals surface area contributed by atoms with E-state index in [9.17, 15) is 9.18 Å². The molecule has 7 heteroatoms. The molecule has 27 heavy (non-hydrogen) atoms. The van der Waals surface area contributed by atoms with E-state index >= 15 is 0 Å². The first-order chi connectivity index (χ1) is 13.0. The molecular weight excluding hydrogens is 345 g/mol. The highest BCUT2D eigenvalue weighted by atomic mass is 19.1. The first-order valence-corrected chi connectivity index (χ1v) is 8.94. The second-order valence-electron chi connectivity index (χ2n) is 6.51. The standard InChI is InChI=1S/C20H22FN5O/c1-4-13(2)17-10-5-6-11-18(17)22-20(27)14(3)26-24-19(23-25-26)15-8-7-9-16(21)12-15/h5-14H,4H2,1-3H3,(H,22,27). The molecule has 0 aliphatic carbocycles. The number of carbonyl (C=O) groups is 1. The summed E-state index contributed by atoms with van der Waals surface area (Å²) in [6, 6.07) is 13.0. The third kappa shape index (κ3) is 4.19. The van der Waals surface area contributed by atoms with Gasteiger partial charge < -0.3 is 5.32 Å². The lowest BCUT2D eigenvalue weighted by atomic mass is 9.97. The quantitative estimate of drug-likeness (QED) is 0.709. The molecule has 0 bridgehead atoms. The summed E-state index contributed by atoms with van der Waals surface area (Å²) in [6.45, 7) is 5.93. The predicted molar refractivity (Wildman–Crippen MR) is 102 cm³/mol. The first-order valence-electron chi connectivity index (χ1n) is 8.94. The van der Waals surface area contributed by atoms with Gasteiger partial charge in [0.25, 0.3) is 5.91 Å². The van der Waals surface area contributed by atoms with Crippen LogP contribution in [0.4, 0.5) is 10.1 Å². The highest BCUT2D eigenvalue weighted by Gasteiger charge is 2.20. The van der Waals surface area contributed by atoms with Gasteiger partial charge in [0.15, 0.2) is 0 Å². The van der Waals surface area contributed by atoms with Crippen LogP contribution in [0.15, 0.2) is 48.5 Å². The van der Waals surface area contributed by atoms with Gasteiger partial charge in [0.2, 0.25) is 5.82 Å². The number of hydrogen-bond acceptors (Lipinski definition) is 4. The molecule has 0 saturated heterocycles. The molecule has 2 atom stereocenters. The molecule has 3 rings (SSSR count). The summed E-state index contributed by atoms with van der Waals surface area (Å²) in [5.74, 6) is -0.0136. The molecule has 0 fully saturated rings. The Morgan fingerprint density at radius 3 is 2.70 bits per heavy atom. The third-order valence-electron chi connectivity index (χ3n) is 4.60. The van der Waals surface area contributed by atoms with E-state index in [1.54, 1.807) is 19.1 Å². The first kappa shape index (κ1) is 18.7. The van der Waals surface area contributed by atoms with Crippen molar-refractivity contribution in [3.63, 3.8) is 0 Å². The third-order valence-corrected chi connectivity index (χ3v) is 4.60. The topological polar surface area (TPSA) is 72.7 Å². The average Bonchev–Trinajstić information content (AvgIpc) is 3.17. The van der Waals surface area contributed by atoms with Gasteiger partial charge in [0.1, 0.15) is 11.9 Å². The summed E-state index contributed by atoms with van der Waals surface area (Å²) in [5, 5.41) is 15.1. The number of nitrogens with one attached hydrogen (secondary N) is 1. The van der Waals surface area contributed by atoms with Gasteiger partial charge in [0.05, 0.1) is 0 Å². The molecule has 6 nitrogen and oxygen atoms in total. The zero-order valence-corrected chi connectivity index (χ0v) is 15.6. The Morgan fingerprint density at radius 1 is 1.19 bits per heavy atom. The van der Waals surface area contributed by atoms with Crippen molar-refractivity contribution in [2.24, 2.45) is 0 Å². The predicted octanol–water partition coefficient (Wildman–Crippen LogP) is 4.19. The molecule has 0 aliphatic rings. The van der Waals surface area contributed by atoms with Gasteiger partial charge in [-0.1, -0.05) is 44.2 Å². The fraction of sp³-hybridized carbons (Fsp3) is 0.300. The van der Waals surface area contributed by atoms with Crippen molar-refractivity contribution >= 4 is 11.6 Å². The van der Waals surface area contributed by atoms with Crippen LogP contribution < -0.4 is 5.32 Å². The van der Waals surface area contributed by atoms with Crippen molar-refractivity contribution in [3.05, 3.63) is 59.9 Å². The van der Waals surface area contributed by atoms with Crippen LogP contribution >= 0.6 is 0 Å². The van der Waals surface area contributed by atoms with Gasteiger partial charge in [-0.05, 0) is 48.2 Å². The second-order valence-corrected chi connectivity index (χ2v) is 6.51. The van der Waals surface area contributed by atoms with E-state index in [2.05, 4.69) is 34.6 Å². The normalized spacial score (nSPS) is 13.2. The number of amides is 1. The Labute approximate surface area is 157 Å². The number of hydrogen-bond donors (Lipinski definition) is 1. The van der Waals surface area contributed by atoms with Gasteiger partial charge in [0, 0.05) is 11.3 Å². The largest absolute Gasteiger partial charge is 0.324 e. The Balaban J connectivity index is 1.77. The molecule has 0 saturated carbocycles. The molecule has 140 valence electrons. The molecule has 2 aromatic carbocycles. The zero-order chi connectivity index (χ0) is 19.4. The summed E-state index contributed by atoms with van der Waals surface area (Å²) in [7, 11) is 0.